The number of nitrogens with zero attached hydrogens (tertiary/aromatic N) is 2. The molecule has 0 aliphatic rings. The Morgan fingerprint density at radius 3 is 2.47 bits per heavy atom. The van der Waals surface area contributed by atoms with Crippen LogP contribution in [-0.2, 0) is 21.4 Å². The fourth-order valence-electron chi connectivity index (χ4n) is 3.61. The van der Waals surface area contributed by atoms with Crippen molar-refractivity contribution in [2.75, 3.05) is 17.1 Å². The molecule has 0 fully saturated rings. The number of hydrazone groups is 1. The van der Waals surface area contributed by atoms with Crippen molar-refractivity contribution in [3.8, 4) is 5.75 Å². The summed E-state index contributed by atoms with van der Waals surface area (Å²) in [7, 11) is -3.70. The van der Waals surface area contributed by atoms with E-state index in [-0.39, 0.29) is 0 Å². The molecule has 184 valence electrons. The van der Waals surface area contributed by atoms with E-state index in [1.165, 1.54) is 17.7 Å². The van der Waals surface area contributed by atoms with Gasteiger partial charge in [0.05, 0.1) is 18.2 Å². The average molecular weight is 522 g/mol. The molecule has 0 aliphatic heterocycles. The van der Waals surface area contributed by atoms with Crippen molar-refractivity contribution >= 4 is 50.2 Å². The highest BCUT2D eigenvalue weighted by atomic mass is 35.5. The lowest BCUT2D eigenvalue weighted by Crippen LogP contribution is -2.39. The van der Waals surface area contributed by atoms with Crippen LogP contribution in [0.4, 0.5) is 5.69 Å². The zero-order chi connectivity index (χ0) is 25.5. The third-order valence-electron chi connectivity index (χ3n) is 5.34. The molecule has 0 aromatic heterocycles. The van der Waals surface area contributed by atoms with E-state index < -0.39 is 22.5 Å². The Morgan fingerprint density at radius 1 is 1.00 bits per heavy atom. The number of fused-ring (bicyclic) bond motifs is 1. The third kappa shape index (κ3) is 6.62. The minimum atomic E-state index is -3.70. The van der Waals surface area contributed by atoms with Gasteiger partial charge in [0.25, 0.3) is 5.91 Å². The van der Waals surface area contributed by atoms with E-state index >= 15 is 0 Å². The lowest BCUT2D eigenvalue weighted by Gasteiger charge is -2.21. The number of hydrogen-bond acceptors (Lipinski definition) is 5. The second-order valence-electron chi connectivity index (χ2n) is 8.04. The second-order valence-corrected chi connectivity index (χ2v) is 10.4. The minimum Gasteiger partial charge on any atom is -0.489 e. The number of hydrogen-bond donors (Lipinski definition) is 1. The smallest absolute Gasteiger partial charge is 0.260 e. The summed E-state index contributed by atoms with van der Waals surface area (Å²) >= 11 is 5.96. The number of rotatable bonds is 9. The highest BCUT2D eigenvalue weighted by Gasteiger charge is 2.20. The number of carbonyl (C=O) groups excluding carboxylic acids is 1. The van der Waals surface area contributed by atoms with Gasteiger partial charge in [-0.3, -0.25) is 9.10 Å². The molecule has 4 aromatic carbocycles. The second kappa shape index (κ2) is 11.2. The number of sulfonamides is 1. The van der Waals surface area contributed by atoms with Gasteiger partial charge in [-0.1, -0.05) is 60.1 Å². The number of benzene rings is 4. The quantitative estimate of drug-likeness (QED) is 0.248. The van der Waals surface area contributed by atoms with E-state index in [0.29, 0.717) is 23.1 Å². The van der Waals surface area contributed by atoms with Crippen molar-refractivity contribution in [3.05, 3.63) is 107 Å². The van der Waals surface area contributed by atoms with Crippen molar-refractivity contribution < 1.29 is 17.9 Å². The first-order valence-corrected chi connectivity index (χ1v) is 13.3. The summed E-state index contributed by atoms with van der Waals surface area (Å²) in [6, 6.07) is 27.8. The molecule has 4 rings (SSSR count). The number of ether oxygens (including phenoxy) is 1. The van der Waals surface area contributed by atoms with E-state index in [2.05, 4.69) is 28.7 Å². The summed E-state index contributed by atoms with van der Waals surface area (Å²) in [6.07, 6.45) is 2.49. The zero-order valence-corrected chi connectivity index (χ0v) is 21.0. The molecule has 36 heavy (non-hydrogen) atoms. The van der Waals surface area contributed by atoms with Gasteiger partial charge in [0.15, 0.2) is 0 Å². The molecule has 0 radical (unpaired) electrons. The van der Waals surface area contributed by atoms with Crippen molar-refractivity contribution in [1.29, 1.82) is 0 Å². The Hall–Kier alpha value is -3.88. The van der Waals surface area contributed by atoms with Crippen LogP contribution in [0.15, 0.2) is 96.1 Å². The molecule has 1 amide bonds. The number of amides is 1. The summed E-state index contributed by atoms with van der Waals surface area (Å²) in [4.78, 5) is 12.3. The molecule has 7 nitrogen and oxygen atoms in total. The Bertz CT molecular complexity index is 1500. The van der Waals surface area contributed by atoms with E-state index in [0.717, 1.165) is 27.1 Å². The first-order valence-electron chi connectivity index (χ1n) is 11.0. The summed E-state index contributed by atoms with van der Waals surface area (Å²) in [5.74, 6) is 0.112. The van der Waals surface area contributed by atoms with Gasteiger partial charge in [-0.05, 0) is 64.4 Å². The maximum atomic E-state index is 12.3. The molecule has 0 aliphatic carbocycles. The van der Waals surface area contributed by atoms with E-state index in [9.17, 15) is 13.2 Å². The molecule has 9 heteroatoms. The van der Waals surface area contributed by atoms with E-state index in [1.54, 1.807) is 18.2 Å². The SMILES string of the molecule is CS(=O)(=O)N(CC(=O)N/N=C\c1ccc(OCc2cccc3ccccc23)cc1)c1cccc(Cl)c1. The maximum absolute atomic E-state index is 12.3. The summed E-state index contributed by atoms with van der Waals surface area (Å²) < 4.78 is 31.2. The molecule has 0 heterocycles. The average Bonchev–Trinajstić information content (AvgIpc) is 2.86. The molecule has 0 bridgehead atoms. The molecule has 0 atom stereocenters. The van der Waals surface area contributed by atoms with Crippen LogP contribution >= 0.6 is 11.6 Å². The highest BCUT2D eigenvalue weighted by molar-refractivity contribution is 7.92. The molecule has 4 aromatic rings. The zero-order valence-electron chi connectivity index (χ0n) is 19.5. The first kappa shape index (κ1) is 25.2. The topological polar surface area (TPSA) is 88.1 Å². The van der Waals surface area contributed by atoms with Crippen LogP contribution in [0.1, 0.15) is 11.1 Å². The first-order chi connectivity index (χ1) is 17.3. The van der Waals surface area contributed by atoms with Gasteiger partial charge < -0.3 is 4.74 Å². The molecule has 0 saturated heterocycles. The Balaban J connectivity index is 1.33. The van der Waals surface area contributed by atoms with Gasteiger partial charge in [-0.2, -0.15) is 5.10 Å². The predicted molar refractivity (Wildman–Crippen MR) is 144 cm³/mol. The van der Waals surface area contributed by atoms with E-state index in [1.807, 2.05) is 48.5 Å². The minimum absolute atomic E-state index is 0.295. The highest BCUT2D eigenvalue weighted by Crippen LogP contribution is 2.22. The normalized spacial score (nSPS) is 11.5. The molecule has 0 saturated carbocycles. The number of anilines is 1. The number of nitrogens with one attached hydrogen (secondary N) is 1. The van der Waals surface area contributed by atoms with Crippen LogP contribution in [0, 0.1) is 0 Å². The third-order valence-corrected chi connectivity index (χ3v) is 6.72. The van der Waals surface area contributed by atoms with Crippen molar-refractivity contribution in [2.24, 2.45) is 5.10 Å². The van der Waals surface area contributed by atoms with Crippen molar-refractivity contribution in [3.63, 3.8) is 0 Å². The Kier molecular flexibility index (Phi) is 7.87. The summed E-state index contributed by atoms with van der Waals surface area (Å²) in [6.45, 7) is 0.00573. The lowest BCUT2D eigenvalue weighted by atomic mass is 10.1. The van der Waals surface area contributed by atoms with Crippen LogP contribution in [-0.4, -0.2) is 33.3 Å². The van der Waals surface area contributed by atoms with Crippen LogP contribution < -0.4 is 14.5 Å². The molecular formula is C27H24ClN3O4S. The van der Waals surface area contributed by atoms with Gasteiger partial charge >= 0.3 is 0 Å². The van der Waals surface area contributed by atoms with Gasteiger partial charge in [0.1, 0.15) is 18.9 Å². The maximum Gasteiger partial charge on any atom is 0.260 e. The Morgan fingerprint density at radius 2 is 1.72 bits per heavy atom. The van der Waals surface area contributed by atoms with Crippen molar-refractivity contribution in [1.82, 2.24) is 5.43 Å². The van der Waals surface area contributed by atoms with E-state index in [4.69, 9.17) is 16.3 Å². The summed E-state index contributed by atoms with van der Waals surface area (Å²) in [5, 5.41) is 6.62. The molecular weight excluding hydrogens is 498 g/mol. The van der Waals surface area contributed by atoms with Crippen LogP contribution in [0.3, 0.4) is 0 Å². The fourth-order valence-corrected chi connectivity index (χ4v) is 4.64. The monoisotopic (exact) mass is 521 g/mol. The molecule has 0 unspecified atom stereocenters. The van der Waals surface area contributed by atoms with Crippen LogP contribution in [0.5, 0.6) is 5.75 Å². The molecule has 1 N–H and O–H groups in total. The van der Waals surface area contributed by atoms with Gasteiger partial charge in [-0.25, -0.2) is 13.8 Å². The van der Waals surface area contributed by atoms with Gasteiger partial charge in [-0.15, -0.1) is 0 Å². The predicted octanol–water partition coefficient (Wildman–Crippen LogP) is 4.99. The number of halogens is 1. The van der Waals surface area contributed by atoms with Gasteiger partial charge in [0.2, 0.25) is 10.0 Å². The van der Waals surface area contributed by atoms with Gasteiger partial charge in [0, 0.05) is 5.02 Å². The fraction of sp³-hybridized carbons (Fsp3) is 0.111. The Labute approximate surface area is 215 Å². The lowest BCUT2D eigenvalue weighted by molar-refractivity contribution is -0.119. The largest absolute Gasteiger partial charge is 0.489 e. The standard InChI is InChI=1S/C27H24ClN3O4S/c1-36(33,34)31(24-10-5-9-23(28)16-24)18-27(32)30-29-17-20-12-14-25(15-13-20)35-19-22-8-4-7-21-6-2-3-11-26(21)22/h2-17H,18-19H2,1H3,(H,30,32)/b29-17-. The number of carbonyl (C=O) groups is 1. The molecule has 0 spiro atoms. The summed E-state index contributed by atoms with van der Waals surface area (Å²) in [5.41, 5.74) is 4.49. The van der Waals surface area contributed by atoms with Crippen LogP contribution in [0.2, 0.25) is 5.02 Å². The van der Waals surface area contributed by atoms with Crippen molar-refractivity contribution in [2.45, 2.75) is 6.61 Å². The van der Waals surface area contributed by atoms with Crippen LogP contribution in [0.25, 0.3) is 10.8 Å².